The topological polar surface area (TPSA) is 83.2 Å². The molecule has 1 atom stereocenters. The average Bonchev–Trinajstić information content (AvgIpc) is 2.62. The van der Waals surface area contributed by atoms with Crippen molar-refractivity contribution in [2.75, 3.05) is 44.6 Å². The second kappa shape index (κ2) is 9.73. The van der Waals surface area contributed by atoms with Gasteiger partial charge in [0, 0.05) is 44.8 Å². The number of nitrogens with one attached hydrogen (secondary N) is 1. The van der Waals surface area contributed by atoms with Crippen LogP contribution in [0.4, 0.5) is 10.1 Å². The molecule has 1 saturated heterocycles. The maximum atomic E-state index is 12.9. The number of piperazine rings is 1. The number of nitrogens with zero attached hydrogens (tertiary/aromatic N) is 4. The van der Waals surface area contributed by atoms with Crippen LogP contribution in [0.2, 0.25) is 0 Å². The van der Waals surface area contributed by atoms with Gasteiger partial charge < -0.3 is 5.32 Å². The van der Waals surface area contributed by atoms with Gasteiger partial charge in [-0.25, -0.2) is 4.39 Å². The number of benzene rings is 1. The second-order valence-corrected chi connectivity index (χ2v) is 6.15. The minimum absolute atomic E-state index is 0.118. The van der Waals surface area contributed by atoms with Crippen molar-refractivity contribution < 1.29 is 9.18 Å². The number of carbonyl (C=O) groups is 1. The number of nitriles is 2. The molecule has 0 saturated carbocycles. The Kier molecular flexibility index (Phi) is 7.34. The molecular weight excluding hydrogens is 321 g/mol. The molecule has 1 aromatic carbocycles. The third-order valence-corrected chi connectivity index (χ3v) is 4.23. The lowest BCUT2D eigenvalue weighted by Gasteiger charge is -2.35. The molecule has 1 aliphatic rings. The van der Waals surface area contributed by atoms with E-state index >= 15 is 0 Å². The largest absolute Gasteiger partial charge is 0.325 e. The van der Waals surface area contributed by atoms with Crippen molar-refractivity contribution >= 4 is 11.6 Å². The summed E-state index contributed by atoms with van der Waals surface area (Å²) in [5.74, 6) is -0.573. The second-order valence-electron chi connectivity index (χ2n) is 6.15. The third-order valence-electron chi connectivity index (χ3n) is 4.23. The maximum Gasteiger partial charge on any atom is 0.238 e. The first kappa shape index (κ1) is 18.9. The first-order chi connectivity index (χ1) is 12.1. The molecule has 1 aromatic rings. The van der Waals surface area contributed by atoms with Crippen molar-refractivity contribution in [1.82, 2.24) is 9.80 Å². The first-order valence-corrected chi connectivity index (χ1v) is 8.37. The summed E-state index contributed by atoms with van der Waals surface area (Å²) in [6, 6.07) is 10.0. The van der Waals surface area contributed by atoms with Crippen LogP contribution in [0.25, 0.3) is 0 Å². The summed E-state index contributed by atoms with van der Waals surface area (Å²) in [6.07, 6.45) is 1.01. The summed E-state index contributed by atoms with van der Waals surface area (Å²) in [4.78, 5) is 16.3. The summed E-state index contributed by atoms with van der Waals surface area (Å²) in [5, 5.41) is 20.5. The van der Waals surface area contributed by atoms with Crippen LogP contribution in [0.15, 0.2) is 24.3 Å². The normalized spacial score (nSPS) is 16.6. The van der Waals surface area contributed by atoms with E-state index in [0.29, 0.717) is 31.6 Å². The smallest absolute Gasteiger partial charge is 0.238 e. The molecular formula is C18H22FN5O. The highest BCUT2D eigenvalue weighted by atomic mass is 19.1. The van der Waals surface area contributed by atoms with Gasteiger partial charge in [0.15, 0.2) is 0 Å². The SMILES string of the molecule is N#CCCC(C#N)CN1CCN(CC(=O)Nc2ccc(F)cc2)CC1. The van der Waals surface area contributed by atoms with Crippen LogP contribution >= 0.6 is 0 Å². The van der Waals surface area contributed by atoms with Crippen LogP contribution in [0.1, 0.15) is 12.8 Å². The molecule has 1 amide bonds. The van der Waals surface area contributed by atoms with E-state index in [1.807, 2.05) is 0 Å². The lowest BCUT2D eigenvalue weighted by Crippen LogP contribution is -2.49. The van der Waals surface area contributed by atoms with Crippen LogP contribution in [0.3, 0.4) is 0 Å². The minimum Gasteiger partial charge on any atom is -0.325 e. The molecule has 1 fully saturated rings. The fourth-order valence-corrected chi connectivity index (χ4v) is 2.81. The van der Waals surface area contributed by atoms with Gasteiger partial charge in [-0.1, -0.05) is 0 Å². The van der Waals surface area contributed by atoms with Crippen LogP contribution < -0.4 is 5.32 Å². The lowest BCUT2D eigenvalue weighted by atomic mass is 10.0. The summed E-state index contributed by atoms with van der Waals surface area (Å²) in [6.45, 7) is 4.08. The molecule has 0 bridgehead atoms. The number of amides is 1. The van der Waals surface area contributed by atoms with Crippen LogP contribution in [0.5, 0.6) is 0 Å². The Morgan fingerprint density at radius 3 is 2.40 bits per heavy atom. The summed E-state index contributed by atoms with van der Waals surface area (Å²) in [7, 11) is 0. The minimum atomic E-state index is -0.334. The van der Waals surface area contributed by atoms with Crippen molar-refractivity contribution in [3.63, 3.8) is 0 Å². The molecule has 25 heavy (non-hydrogen) atoms. The van der Waals surface area contributed by atoms with Gasteiger partial charge >= 0.3 is 0 Å². The van der Waals surface area contributed by atoms with Crippen LogP contribution in [-0.2, 0) is 4.79 Å². The highest BCUT2D eigenvalue weighted by Crippen LogP contribution is 2.11. The molecule has 1 unspecified atom stereocenters. The number of halogens is 1. The Morgan fingerprint density at radius 2 is 1.80 bits per heavy atom. The van der Waals surface area contributed by atoms with E-state index in [1.165, 1.54) is 24.3 Å². The van der Waals surface area contributed by atoms with E-state index in [2.05, 4.69) is 27.3 Å². The van der Waals surface area contributed by atoms with Crippen molar-refractivity contribution in [2.24, 2.45) is 5.92 Å². The molecule has 0 aliphatic carbocycles. The molecule has 1 aliphatic heterocycles. The molecule has 0 aromatic heterocycles. The molecule has 6 nitrogen and oxygen atoms in total. The summed E-state index contributed by atoms with van der Waals surface area (Å²) in [5.41, 5.74) is 0.583. The quantitative estimate of drug-likeness (QED) is 0.816. The van der Waals surface area contributed by atoms with E-state index < -0.39 is 0 Å². The third kappa shape index (κ3) is 6.50. The molecule has 1 heterocycles. The van der Waals surface area contributed by atoms with E-state index in [-0.39, 0.29) is 17.6 Å². The van der Waals surface area contributed by atoms with Crippen LogP contribution in [0, 0.1) is 34.4 Å². The summed E-state index contributed by atoms with van der Waals surface area (Å²) >= 11 is 0. The fraction of sp³-hybridized carbons (Fsp3) is 0.500. The van der Waals surface area contributed by atoms with Gasteiger partial charge in [-0.05, 0) is 30.7 Å². The number of carbonyl (C=O) groups excluding carboxylic acids is 1. The Morgan fingerprint density at radius 1 is 1.16 bits per heavy atom. The zero-order chi connectivity index (χ0) is 18.1. The van der Waals surface area contributed by atoms with E-state index in [1.54, 1.807) is 0 Å². The van der Waals surface area contributed by atoms with E-state index in [4.69, 9.17) is 10.5 Å². The van der Waals surface area contributed by atoms with Gasteiger partial charge in [0.05, 0.1) is 24.6 Å². The Balaban J connectivity index is 1.71. The molecule has 1 N–H and O–H groups in total. The van der Waals surface area contributed by atoms with Gasteiger partial charge in [-0.3, -0.25) is 14.6 Å². The summed E-state index contributed by atoms with van der Waals surface area (Å²) < 4.78 is 12.9. The fourth-order valence-electron chi connectivity index (χ4n) is 2.81. The maximum absolute atomic E-state index is 12.9. The zero-order valence-corrected chi connectivity index (χ0v) is 14.1. The van der Waals surface area contributed by atoms with Crippen molar-refractivity contribution in [2.45, 2.75) is 12.8 Å². The Bertz CT molecular complexity index is 641. The van der Waals surface area contributed by atoms with Crippen molar-refractivity contribution in [3.05, 3.63) is 30.1 Å². The standard InChI is InChI=1S/C18H22FN5O/c19-16-3-5-17(6-4-16)22-18(25)14-24-10-8-23(9-11-24)13-15(12-21)2-1-7-20/h3-6,15H,1-2,8-11,13-14H2,(H,22,25). The molecule has 2 rings (SSSR count). The van der Waals surface area contributed by atoms with Gasteiger partial charge in [0.25, 0.3) is 0 Å². The molecule has 0 radical (unpaired) electrons. The number of rotatable bonds is 7. The van der Waals surface area contributed by atoms with Crippen LogP contribution in [-0.4, -0.2) is 55.0 Å². The zero-order valence-electron chi connectivity index (χ0n) is 14.1. The predicted molar refractivity (Wildman–Crippen MR) is 91.9 cm³/mol. The molecule has 7 heteroatoms. The number of anilines is 1. The Labute approximate surface area is 147 Å². The predicted octanol–water partition coefficient (Wildman–Crippen LogP) is 1.83. The highest BCUT2D eigenvalue weighted by Gasteiger charge is 2.21. The van der Waals surface area contributed by atoms with Crippen molar-refractivity contribution in [1.29, 1.82) is 10.5 Å². The van der Waals surface area contributed by atoms with Gasteiger partial charge in [0.1, 0.15) is 5.82 Å². The van der Waals surface area contributed by atoms with Crippen molar-refractivity contribution in [3.8, 4) is 12.1 Å². The van der Waals surface area contributed by atoms with E-state index in [9.17, 15) is 9.18 Å². The lowest BCUT2D eigenvalue weighted by molar-refractivity contribution is -0.117. The monoisotopic (exact) mass is 343 g/mol. The van der Waals surface area contributed by atoms with Gasteiger partial charge in [0.2, 0.25) is 5.91 Å². The van der Waals surface area contributed by atoms with E-state index in [0.717, 1.165) is 26.2 Å². The average molecular weight is 343 g/mol. The Hall–Kier alpha value is -2.48. The molecule has 132 valence electrons. The molecule has 0 spiro atoms. The number of hydrogen-bond donors (Lipinski definition) is 1. The van der Waals surface area contributed by atoms with Gasteiger partial charge in [-0.15, -0.1) is 0 Å². The first-order valence-electron chi connectivity index (χ1n) is 8.37. The number of hydrogen-bond acceptors (Lipinski definition) is 5. The highest BCUT2D eigenvalue weighted by molar-refractivity contribution is 5.92. The van der Waals surface area contributed by atoms with Gasteiger partial charge in [-0.2, -0.15) is 10.5 Å².